The van der Waals surface area contributed by atoms with E-state index < -0.39 is 17.2 Å². The van der Waals surface area contributed by atoms with Crippen LogP contribution in [0.5, 0.6) is 0 Å². The van der Waals surface area contributed by atoms with Crippen molar-refractivity contribution in [3.63, 3.8) is 0 Å². The molecule has 32 heavy (non-hydrogen) atoms. The fraction of sp³-hybridized carbons (Fsp3) is 0.348. The average molecular weight is 453 g/mol. The molecule has 0 amide bonds. The van der Waals surface area contributed by atoms with Crippen LogP contribution in [0, 0.1) is 23.6 Å². The first kappa shape index (κ1) is 19.6. The van der Waals surface area contributed by atoms with E-state index in [4.69, 9.17) is 5.73 Å². The second-order valence-corrected chi connectivity index (χ2v) is 9.90. The van der Waals surface area contributed by atoms with Gasteiger partial charge in [0, 0.05) is 54.9 Å². The summed E-state index contributed by atoms with van der Waals surface area (Å²) in [7, 11) is 1.59. The van der Waals surface area contributed by atoms with Gasteiger partial charge in [0.25, 0.3) is 0 Å². The third-order valence-corrected chi connectivity index (χ3v) is 8.32. The van der Waals surface area contributed by atoms with E-state index in [1.54, 1.807) is 29.2 Å². The third kappa shape index (κ3) is 2.40. The lowest BCUT2D eigenvalue weighted by atomic mass is 9.82. The molecule has 1 saturated heterocycles. The maximum absolute atomic E-state index is 15.6. The number of carboxylic acid groups (broad SMARTS) is 1. The number of hydrogen-bond donors (Lipinski definition) is 2. The van der Waals surface area contributed by atoms with Crippen LogP contribution in [0.3, 0.4) is 0 Å². The van der Waals surface area contributed by atoms with Crippen molar-refractivity contribution in [1.29, 1.82) is 0 Å². The van der Waals surface area contributed by atoms with Crippen LogP contribution < -0.4 is 16.1 Å². The second-order valence-electron chi connectivity index (χ2n) is 9.01. The molecule has 9 heteroatoms. The Morgan fingerprint density at radius 1 is 1.44 bits per heavy atom. The molecule has 2 aliphatic carbocycles. The summed E-state index contributed by atoms with van der Waals surface area (Å²) in [5.74, 6) is -0.855. The highest BCUT2D eigenvalue weighted by molar-refractivity contribution is 7.16. The molecule has 2 bridgehead atoms. The van der Waals surface area contributed by atoms with Crippen molar-refractivity contribution in [3.8, 4) is 0 Å². The number of hydrogen-bond acceptors (Lipinski definition) is 6. The van der Waals surface area contributed by atoms with Crippen molar-refractivity contribution in [2.45, 2.75) is 12.0 Å². The molecular formula is C23H21FN4O3S. The van der Waals surface area contributed by atoms with Crippen molar-refractivity contribution in [3.05, 3.63) is 57.0 Å². The maximum atomic E-state index is 15.6. The van der Waals surface area contributed by atoms with Crippen LogP contribution in [0.4, 0.5) is 10.1 Å². The first-order chi connectivity index (χ1) is 15.3. The molecule has 164 valence electrons. The van der Waals surface area contributed by atoms with Crippen LogP contribution in [-0.2, 0) is 0 Å². The number of anilines is 1. The van der Waals surface area contributed by atoms with Crippen LogP contribution in [-0.4, -0.2) is 47.4 Å². The Morgan fingerprint density at radius 2 is 2.25 bits per heavy atom. The monoisotopic (exact) mass is 452 g/mol. The van der Waals surface area contributed by atoms with Gasteiger partial charge in [0.2, 0.25) is 5.43 Å². The quantitative estimate of drug-likeness (QED) is 0.470. The van der Waals surface area contributed by atoms with E-state index in [9.17, 15) is 14.7 Å². The molecule has 1 aliphatic heterocycles. The van der Waals surface area contributed by atoms with Gasteiger partial charge in [-0.05, 0) is 24.3 Å². The Labute approximate surface area is 186 Å². The predicted octanol–water partition coefficient (Wildman–Crippen LogP) is 2.74. The van der Waals surface area contributed by atoms with Gasteiger partial charge in [0.15, 0.2) is 0 Å². The number of pyridine rings is 1. The third-order valence-electron chi connectivity index (χ3n) is 7.43. The Morgan fingerprint density at radius 3 is 2.97 bits per heavy atom. The molecule has 1 saturated carbocycles. The second kappa shape index (κ2) is 6.49. The number of rotatable bonds is 3. The van der Waals surface area contributed by atoms with Crippen molar-refractivity contribution in [1.82, 2.24) is 4.40 Å². The summed E-state index contributed by atoms with van der Waals surface area (Å²) < 4.78 is 17.3. The fourth-order valence-corrected chi connectivity index (χ4v) is 7.02. The molecule has 3 aromatic rings. The SMILES string of the molecule is CN=Cc1c(N2CC3C4C=CC(N)(C4)C3C2)c(F)cc2c(=O)c(C(=O)O)c3sccn3c12. The lowest BCUT2D eigenvalue weighted by Gasteiger charge is -2.28. The van der Waals surface area contributed by atoms with Crippen LogP contribution >= 0.6 is 11.3 Å². The van der Waals surface area contributed by atoms with Gasteiger partial charge in [-0.15, -0.1) is 11.3 Å². The van der Waals surface area contributed by atoms with Crippen molar-refractivity contribution >= 4 is 44.9 Å². The number of aromatic carboxylic acids is 1. The van der Waals surface area contributed by atoms with Gasteiger partial charge in [0.1, 0.15) is 16.2 Å². The summed E-state index contributed by atoms with van der Waals surface area (Å²) in [6, 6.07) is 1.18. The van der Waals surface area contributed by atoms with E-state index in [0.717, 1.165) is 6.42 Å². The van der Waals surface area contributed by atoms with Crippen molar-refractivity contribution < 1.29 is 14.3 Å². The minimum absolute atomic E-state index is 0.0332. The summed E-state index contributed by atoms with van der Waals surface area (Å²) >= 11 is 1.17. The number of nitrogens with zero attached hydrogens (tertiary/aromatic N) is 3. The Balaban J connectivity index is 1.62. The minimum atomic E-state index is -1.32. The van der Waals surface area contributed by atoms with Gasteiger partial charge >= 0.3 is 5.97 Å². The lowest BCUT2D eigenvalue weighted by Crippen LogP contribution is -2.43. The topological polar surface area (TPSA) is 100 Å². The standard InChI is InChI=1S/C23H21FN4O3S/c1-26-8-13-18-12(20(29)17(22(30)31)21-28(18)4-5-32-21)6-16(24)19(13)27-9-14-11-2-3-23(25,7-11)15(14)10-27/h2-6,8,11,14-15H,7,9-10,25H2,1H3,(H,30,31). The summed E-state index contributed by atoms with van der Waals surface area (Å²) in [6.07, 6.45) is 8.51. The molecular weight excluding hydrogens is 431 g/mol. The highest BCUT2D eigenvalue weighted by Crippen LogP contribution is 2.53. The van der Waals surface area contributed by atoms with Gasteiger partial charge in [-0.3, -0.25) is 9.79 Å². The molecule has 4 atom stereocenters. The van der Waals surface area contributed by atoms with Gasteiger partial charge in [-0.1, -0.05) is 12.2 Å². The molecule has 3 heterocycles. The zero-order chi connectivity index (χ0) is 22.4. The van der Waals surface area contributed by atoms with Crippen LogP contribution in [0.2, 0.25) is 0 Å². The van der Waals surface area contributed by atoms with E-state index in [1.807, 2.05) is 4.90 Å². The van der Waals surface area contributed by atoms with Crippen LogP contribution in [0.25, 0.3) is 15.7 Å². The molecule has 7 nitrogen and oxygen atoms in total. The molecule has 0 spiro atoms. The molecule has 4 unspecified atom stereocenters. The normalized spacial score (nSPS) is 28.6. The number of halogens is 1. The highest BCUT2D eigenvalue weighted by Gasteiger charge is 2.56. The number of nitrogens with two attached hydrogens (primary N) is 1. The van der Waals surface area contributed by atoms with Gasteiger partial charge in [-0.2, -0.15) is 0 Å². The number of fused-ring (bicyclic) bond motifs is 8. The molecule has 3 aliphatic rings. The average Bonchev–Trinajstić information content (AvgIpc) is 3.49. The number of aromatic nitrogens is 1. The van der Waals surface area contributed by atoms with E-state index in [-0.39, 0.29) is 22.4 Å². The van der Waals surface area contributed by atoms with Crippen molar-refractivity contribution in [2.75, 3.05) is 25.0 Å². The maximum Gasteiger partial charge on any atom is 0.342 e. The molecule has 6 rings (SSSR count). The number of benzene rings is 1. The van der Waals surface area contributed by atoms with Crippen molar-refractivity contribution in [2.24, 2.45) is 28.5 Å². The number of aliphatic imine (C=N–C) groups is 1. The largest absolute Gasteiger partial charge is 0.477 e. The molecule has 2 fully saturated rings. The number of allylic oxidation sites excluding steroid dienone is 1. The number of carbonyl (C=O) groups is 1. The Hall–Kier alpha value is -3.04. The molecule has 0 radical (unpaired) electrons. The number of thiazole rings is 1. The molecule has 2 aromatic heterocycles. The number of carboxylic acids is 1. The first-order valence-corrected chi connectivity index (χ1v) is 11.4. The van der Waals surface area contributed by atoms with Gasteiger partial charge in [-0.25, -0.2) is 9.18 Å². The summed E-state index contributed by atoms with van der Waals surface area (Å²) in [5, 5.41) is 11.4. The first-order valence-electron chi connectivity index (χ1n) is 10.5. The Bertz CT molecular complexity index is 1440. The predicted molar refractivity (Wildman–Crippen MR) is 123 cm³/mol. The van der Waals surface area contributed by atoms with E-state index in [0.29, 0.717) is 46.5 Å². The van der Waals surface area contributed by atoms with E-state index in [2.05, 4.69) is 17.1 Å². The van der Waals surface area contributed by atoms with Gasteiger partial charge in [0.05, 0.1) is 16.6 Å². The summed E-state index contributed by atoms with van der Waals surface area (Å²) in [6.45, 7) is 1.31. The van der Waals surface area contributed by atoms with Crippen LogP contribution in [0.1, 0.15) is 22.3 Å². The molecule has 3 N–H and O–H groups in total. The summed E-state index contributed by atoms with van der Waals surface area (Å²) in [5.41, 5.74) is 6.61. The molecule has 1 aromatic carbocycles. The van der Waals surface area contributed by atoms with E-state index in [1.165, 1.54) is 17.4 Å². The highest BCUT2D eigenvalue weighted by atomic mass is 32.1. The lowest BCUT2D eigenvalue weighted by molar-refractivity contribution is 0.0697. The smallest absolute Gasteiger partial charge is 0.342 e. The summed E-state index contributed by atoms with van der Waals surface area (Å²) in [4.78, 5) is 31.4. The van der Waals surface area contributed by atoms with E-state index >= 15 is 4.39 Å². The zero-order valence-corrected chi connectivity index (χ0v) is 18.1. The van der Waals surface area contributed by atoms with Gasteiger partial charge < -0.3 is 20.1 Å². The fourth-order valence-electron chi connectivity index (χ4n) is 6.14. The Kier molecular flexibility index (Phi) is 3.98. The van der Waals surface area contributed by atoms with Crippen LogP contribution in [0.15, 0.2) is 39.6 Å². The minimum Gasteiger partial charge on any atom is -0.477 e. The zero-order valence-electron chi connectivity index (χ0n) is 17.3.